The van der Waals surface area contributed by atoms with Gasteiger partial charge in [-0.15, -0.1) is 11.3 Å². The summed E-state index contributed by atoms with van der Waals surface area (Å²) >= 11 is 1.66. The first-order chi connectivity index (χ1) is 18.4. The topological polar surface area (TPSA) is 60.2 Å². The van der Waals surface area contributed by atoms with Crippen LogP contribution in [-0.2, 0) is 12.8 Å². The third kappa shape index (κ3) is 4.23. The van der Waals surface area contributed by atoms with E-state index in [1.54, 1.807) is 24.6 Å². The van der Waals surface area contributed by atoms with Gasteiger partial charge in [-0.2, -0.15) is 0 Å². The van der Waals surface area contributed by atoms with E-state index in [-0.39, 0.29) is 17.5 Å². The number of carbonyl (C=O) groups is 1. The van der Waals surface area contributed by atoms with Crippen molar-refractivity contribution < 1.29 is 9.53 Å². The molecule has 6 rings (SSSR count). The number of ether oxygens (including phenoxy) is 1. The van der Waals surface area contributed by atoms with Crippen molar-refractivity contribution in [1.29, 1.82) is 0 Å². The second-order valence-electron chi connectivity index (χ2n) is 11.3. The molecule has 1 unspecified atom stereocenters. The van der Waals surface area contributed by atoms with Gasteiger partial charge < -0.3 is 14.2 Å². The molecule has 0 fully saturated rings. The summed E-state index contributed by atoms with van der Waals surface area (Å²) in [5, 5.41) is 0. The van der Waals surface area contributed by atoms with Crippen molar-refractivity contribution >= 4 is 17.2 Å². The molecule has 5 heterocycles. The fourth-order valence-electron chi connectivity index (χ4n) is 6.04. The van der Waals surface area contributed by atoms with Crippen molar-refractivity contribution in [3.05, 3.63) is 76.1 Å². The van der Waals surface area contributed by atoms with Crippen molar-refractivity contribution in [1.82, 2.24) is 19.4 Å². The van der Waals surface area contributed by atoms with Gasteiger partial charge in [0.2, 0.25) is 0 Å². The highest BCUT2D eigenvalue weighted by molar-refractivity contribution is 7.09. The Morgan fingerprint density at radius 2 is 1.89 bits per heavy atom. The van der Waals surface area contributed by atoms with Crippen LogP contribution in [0.25, 0.3) is 22.4 Å². The average Bonchev–Trinajstić information content (AvgIpc) is 3.58. The summed E-state index contributed by atoms with van der Waals surface area (Å²) in [4.78, 5) is 26.4. The number of aromatic nitrogens is 3. The second-order valence-corrected chi connectivity index (χ2v) is 12.2. The van der Waals surface area contributed by atoms with E-state index < -0.39 is 0 Å². The molecule has 0 spiro atoms. The lowest BCUT2D eigenvalue weighted by Gasteiger charge is -2.37. The lowest BCUT2D eigenvalue weighted by Crippen LogP contribution is -2.47. The molecule has 1 aromatic carbocycles. The number of rotatable bonds is 3. The summed E-state index contributed by atoms with van der Waals surface area (Å²) in [6.45, 7) is 7.22. The van der Waals surface area contributed by atoms with Crippen LogP contribution in [0, 0.1) is 0 Å². The standard InChI is InChI=1S/C31H34N4O2S/c1-31(2,3)34-12-7-5-6-9-20-13-25-23-16-24(21-10-8-11-32-17-21)27(37-4)15-22(23)14-26(28-18-33-19-38-28)35(25)29(20)30(34)36/h8,10-11,13,15-19,26H,5-7,9,12,14H2,1-4H3. The minimum Gasteiger partial charge on any atom is -0.496 e. The largest absolute Gasteiger partial charge is 0.496 e. The van der Waals surface area contributed by atoms with E-state index >= 15 is 0 Å². The average molecular weight is 527 g/mol. The van der Waals surface area contributed by atoms with Crippen molar-refractivity contribution in [2.45, 2.75) is 64.5 Å². The molecule has 0 saturated carbocycles. The van der Waals surface area contributed by atoms with E-state index in [9.17, 15) is 4.79 Å². The first-order valence-corrected chi connectivity index (χ1v) is 14.3. The van der Waals surface area contributed by atoms with Gasteiger partial charge in [-0.3, -0.25) is 14.8 Å². The third-order valence-electron chi connectivity index (χ3n) is 7.88. The third-order valence-corrected chi connectivity index (χ3v) is 8.76. The Kier molecular flexibility index (Phi) is 6.34. The minimum atomic E-state index is -0.253. The van der Waals surface area contributed by atoms with Gasteiger partial charge in [-0.1, -0.05) is 12.5 Å². The molecule has 1 amide bonds. The maximum atomic E-state index is 14.4. The van der Waals surface area contributed by atoms with Crippen molar-refractivity contribution in [2.24, 2.45) is 0 Å². The van der Waals surface area contributed by atoms with Gasteiger partial charge >= 0.3 is 0 Å². The van der Waals surface area contributed by atoms with E-state index in [1.165, 1.54) is 10.4 Å². The number of methoxy groups -OCH3 is 1. The first-order valence-electron chi connectivity index (χ1n) is 13.4. The number of pyridine rings is 1. The number of aryl methyl sites for hydroxylation is 1. The van der Waals surface area contributed by atoms with Gasteiger partial charge in [0.05, 0.1) is 18.7 Å². The Balaban J connectivity index is 1.61. The van der Waals surface area contributed by atoms with Gasteiger partial charge in [0.1, 0.15) is 11.4 Å². The highest BCUT2D eigenvalue weighted by Gasteiger charge is 2.37. The smallest absolute Gasteiger partial charge is 0.271 e. The van der Waals surface area contributed by atoms with E-state index in [1.807, 2.05) is 24.0 Å². The van der Waals surface area contributed by atoms with Crippen LogP contribution in [0.15, 0.2) is 54.4 Å². The minimum absolute atomic E-state index is 0.00854. The summed E-state index contributed by atoms with van der Waals surface area (Å²) in [6.07, 6.45) is 10.6. The zero-order valence-electron chi connectivity index (χ0n) is 22.5. The first kappa shape index (κ1) is 24.9. The Morgan fingerprint density at radius 3 is 2.61 bits per heavy atom. The molecule has 196 valence electrons. The molecule has 2 aliphatic heterocycles. The lowest BCUT2D eigenvalue weighted by molar-refractivity contribution is 0.0566. The molecule has 6 nitrogen and oxygen atoms in total. The number of benzene rings is 1. The number of thiazole rings is 1. The van der Waals surface area contributed by atoms with Crippen molar-refractivity contribution in [3.63, 3.8) is 0 Å². The highest BCUT2D eigenvalue weighted by atomic mass is 32.1. The molecular weight excluding hydrogens is 492 g/mol. The summed E-state index contributed by atoms with van der Waals surface area (Å²) < 4.78 is 8.20. The maximum absolute atomic E-state index is 14.4. The highest BCUT2D eigenvalue weighted by Crippen LogP contribution is 2.46. The molecule has 7 heteroatoms. The predicted molar refractivity (Wildman–Crippen MR) is 152 cm³/mol. The Morgan fingerprint density at radius 1 is 1.03 bits per heavy atom. The van der Waals surface area contributed by atoms with Crippen LogP contribution in [0.5, 0.6) is 5.75 Å². The molecule has 2 aliphatic rings. The molecule has 4 aromatic rings. The SMILES string of the molecule is COc1cc2c(cc1-c1cccnc1)-c1cc3c(n1C(c1cncs1)C2)C(=O)N(C(C)(C)C)CCCCC3. The molecule has 1 atom stereocenters. The van der Waals surface area contributed by atoms with Crippen LogP contribution >= 0.6 is 11.3 Å². The van der Waals surface area contributed by atoms with E-state index in [4.69, 9.17) is 4.74 Å². The molecule has 0 radical (unpaired) electrons. The van der Waals surface area contributed by atoms with Gasteiger partial charge in [-0.25, -0.2) is 0 Å². The van der Waals surface area contributed by atoms with Gasteiger partial charge in [-0.05, 0) is 81.8 Å². The molecule has 0 bridgehead atoms. The van der Waals surface area contributed by atoms with Crippen LogP contribution in [0.4, 0.5) is 0 Å². The molecule has 38 heavy (non-hydrogen) atoms. The number of hydrogen-bond donors (Lipinski definition) is 0. The normalized spacial score (nSPS) is 17.6. The van der Waals surface area contributed by atoms with Crippen molar-refractivity contribution in [3.8, 4) is 28.1 Å². The van der Waals surface area contributed by atoms with Gasteiger partial charge in [0, 0.05) is 57.9 Å². The fraction of sp³-hybridized carbons (Fsp3) is 0.387. The van der Waals surface area contributed by atoms with E-state index in [0.29, 0.717) is 0 Å². The molecular formula is C31H34N4O2S. The Bertz CT molecular complexity index is 1470. The molecule has 0 saturated heterocycles. The second kappa shape index (κ2) is 9.70. The Labute approximate surface area is 228 Å². The van der Waals surface area contributed by atoms with Gasteiger partial charge in [0.25, 0.3) is 5.91 Å². The molecule has 3 aromatic heterocycles. The van der Waals surface area contributed by atoms with Crippen LogP contribution in [0.3, 0.4) is 0 Å². The van der Waals surface area contributed by atoms with Crippen LogP contribution in [0.2, 0.25) is 0 Å². The van der Waals surface area contributed by atoms with Crippen LogP contribution < -0.4 is 4.74 Å². The number of carbonyl (C=O) groups excluding carboxylic acids is 1. The van der Waals surface area contributed by atoms with Crippen LogP contribution in [-0.4, -0.2) is 44.5 Å². The van der Waals surface area contributed by atoms with Crippen LogP contribution in [0.1, 0.15) is 72.6 Å². The summed E-state index contributed by atoms with van der Waals surface area (Å²) in [5.74, 6) is 0.976. The quantitative estimate of drug-likeness (QED) is 0.295. The van der Waals surface area contributed by atoms with E-state index in [2.05, 4.69) is 64.5 Å². The van der Waals surface area contributed by atoms with E-state index in [0.717, 1.165) is 78.0 Å². The summed E-state index contributed by atoms with van der Waals surface area (Å²) in [6, 6.07) is 10.7. The number of amides is 1. The predicted octanol–water partition coefficient (Wildman–Crippen LogP) is 6.79. The van der Waals surface area contributed by atoms with Crippen molar-refractivity contribution in [2.75, 3.05) is 13.7 Å². The fourth-order valence-corrected chi connectivity index (χ4v) is 6.75. The number of nitrogens with zero attached hydrogens (tertiary/aromatic N) is 4. The number of fused-ring (bicyclic) bond motifs is 5. The Hall–Kier alpha value is -3.45. The zero-order valence-corrected chi connectivity index (χ0v) is 23.3. The monoisotopic (exact) mass is 526 g/mol. The van der Waals surface area contributed by atoms with Gasteiger partial charge in [0.15, 0.2) is 0 Å². The molecule has 0 N–H and O–H groups in total. The number of hydrogen-bond acceptors (Lipinski definition) is 5. The summed E-state index contributed by atoms with van der Waals surface area (Å²) in [7, 11) is 1.72. The lowest BCUT2D eigenvalue weighted by atomic mass is 9.89. The molecule has 0 aliphatic carbocycles. The zero-order chi connectivity index (χ0) is 26.4. The maximum Gasteiger partial charge on any atom is 0.271 e. The summed E-state index contributed by atoms with van der Waals surface area (Å²) in [5.41, 5.74) is 9.14.